The third kappa shape index (κ3) is 6.97. The van der Waals surface area contributed by atoms with E-state index in [1.54, 1.807) is 24.3 Å². The van der Waals surface area contributed by atoms with Crippen molar-refractivity contribution in [2.24, 2.45) is 11.7 Å². The minimum atomic E-state index is -0.642. The number of benzene rings is 1. The van der Waals surface area contributed by atoms with E-state index < -0.39 is 6.04 Å². The molecular weight excluding hydrogens is 332 g/mol. The number of hydrogen-bond donors (Lipinski definition) is 4. The Bertz CT molecular complexity index is 575. The highest BCUT2D eigenvalue weighted by Gasteiger charge is 2.17. The van der Waals surface area contributed by atoms with Crippen molar-refractivity contribution >= 4 is 29.3 Å². The fourth-order valence-electron chi connectivity index (χ4n) is 1.73. The molecule has 0 aliphatic rings. The molecule has 0 aliphatic heterocycles. The minimum Gasteiger partial charge on any atom is -0.353 e. The van der Waals surface area contributed by atoms with E-state index in [2.05, 4.69) is 16.0 Å². The van der Waals surface area contributed by atoms with Gasteiger partial charge in [-0.3, -0.25) is 14.4 Å². The lowest BCUT2D eigenvalue weighted by Gasteiger charge is -2.15. The summed E-state index contributed by atoms with van der Waals surface area (Å²) in [6.07, 6.45) is 0. The lowest BCUT2D eigenvalue weighted by atomic mass is 10.1. The highest BCUT2D eigenvalue weighted by molar-refractivity contribution is 6.30. The van der Waals surface area contributed by atoms with E-state index in [9.17, 15) is 14.4 Å². The van der Waals surface area contributed by atoms with E-state index in [-0.39, 0.29) is 43.3 Å². The molecule has 1 atom stereocenters. The van der Waals surface area contributed by atoms with Crippen LogP contribution in [0.25, 0.3) is 0 Å². The number of amides is 3. The number of carbonyl (C=O) groups is 3. The largest absolute Gasteiger partial charge is 0.353 e. The predicted octanol–water partition coefficient (Wildman–Crippen LogP) is 0.286. The van der Waals surface area contributed by atoms with Gasteiger partial charge < -0.3 is 21.7 Å². The fourth-order valence-corrected chi connectivity index (χ4v) is 1.86. The Morgan fingerprint density at radius 1 is 1.04 bits per heavy atom. The van der Waals surface area contributed by atoms with Gasteiger partial charge in [-0.05, 0) is 30.2 Å². The lowest BCUT2D eigenvalue weighted by molar-refractivity contribution is -0.127. The number of halogens is 1. The van der Waals surface area contributed by atoms with Crippen LogP contribution in [-0.2, 0) is 9.59 Å². The van der Waals surface area contributed by atoms with Crippen LogP contribution in [0.2, 0.25) is 5.02 Å². The van der Waals surface area contributed by atoms with E-state index in [0.29, 0.717) is 10.6 Å². The molecule has 0 radical (unpaired) electrons. The summed E-state index contributed by atoms with van der Waals surface area (Å²) in [5.74, 6) is -0.968. The number of nitrogens with one attached hydrogen (secondary N) is 3. The minimum absolute atomic E-state index is 0.00357. The van der Waals surface area contributed by atoms with Gasteiger partial charge in [-0.1, -0.05) is 25.4 Å². The van der Waals surface area contributed by atoms with Gasteiger partial charge in [0.2, 0.25) is 11.8 Å². The average Bonchev–Trinajstić information content (AvgIpc) is 2.56. The summed E-state index contributed by atoms with van der Waals surface area (Å²) in [5, 5.41) is 8.28. The topological polar surface area (TPSA) is 113 Å². The predicted molar refractivity (Wildman–Crippen MR) is 92.6 cm³/mol. The van der Waals surface area contributed by atoms with Crippen LogP contribution in [0.15, 0.2) is 24.3 Å². The molecule has 7 nitrogen and oxygen atoms in total. The third-order valence-corrected chi connectivity index (χ3v) is 3.54. The summed E-state index contributed by atoms with van der Waals surface area (Å²) in [6.45, 7) is 4.03. The van der Waals surface area contributed by atoms with Gasteiger partial charge in [0.25, 0.3) is 5.91 Å². The van der Waals surface area contributed by atoms with Crippen molar-refractivity contribution < 1.29 is 14.4 Å². The molecule has 0 saturated carbocycles. The number of hydrogen-bond acceptors (Lipinski definition) is 4. The van der Waals surface area contributed by atoms with Crippen LogP contribution < -0.4 is 21.7 Å². The van der Waals surface area contributed by atoms with Crippen molar-refractivity contribution in [2.75, 3.05) is 19.6 Å². The number of carbonyl (C=O) groups excluding carboxylic acids is 3. The van der Waals surface area contributed by atoms with Gasteiger partial charge in [0, 0.05) is 23.7 Å². The van der Waals surface area contributed by atoms with Gasteiger partial charge in [0.15, 0.2) is 0 Å². The highest BCUT2D eigenvalue weighted by atomic mass is 35.5. The van der Waals surface area contributed by atoms with Gasteiger partial charge in [-0.2, -0.15) is 0 Å². The smallest absolute Gasteiger partial charge is 0.251 e. The van der Waals surface area contributed by atoms with Crippen LogP contribution in [0.5, 0.6) is 0 Å². The Morgan fingerprint density at radius 2 is 1.62 bits per heavy atom. The van der Waals surface area contributed by atoms with Crippen molar-refractivity contribution in [3.8, 4) is 0 Å². The second kappa shape index (κ2) is 9.89. The van der Waals surface area contributed by atoms with Crippen molar-refractivity contribution in [1.29, 1.82) is 0 Å². The van der Waals surface area contributed by atoms with Crippen molar-refractivity contribution in [3.63, 3.8) is 0 Å². The first-order valence-corrected chi connectivity index (χ1v) is 8.02. The maximum atomic E-state index is 11.8. The molecule has 0 saturated heterocycles. The molecule has 0 bridgehead atoms. The molecule has 5 N–H and O–H groups in total. The number of rotatable bonds is 8. The molecular formula is C16H23ClN4O3. The first-order valence-electron chi connectivity index (χ1n) is 7.65. The van der Waals surface area contributed by atoms with E-state index in [0.717, 1.165) is 0 Å². The normalized spacial score (nSPS) is 11.7. The zero-order valence-electron chi connectivity index (χ0n) is 13.8. The van der Waals surface area contributed by atoms with Gasteiger partial charge in [0.05, 0.1) is 12.6 Å². The van der Waals surface area contributed by atoms with Crippen molar-refractivity contribution in [1.82, 2.24) is 16.0 Å². The second-order valence-corrected chi connectivity index (χ2v) is 6.04. The Balaban J connectivity index is 2.20. The van der Waals surface area contributed by atoms with Gasteiger partial charge in [-0.25, -0.2) is 0 Å². The van der Waals surface area contributed by atoms with Crippen LogP contribution in [0.3, 0.4) is 0 Å². The monoisotopic (exact) mass is 354 g/mol. The molecule has 1 aromatic carbocycles. The summed E-state index contributed by atoms with van der Waals surface area (Å²) >= 11 is 5.75. The maximum absolute atomic E-state index is 11.8. The summed E-state index contributed by atoms with van der Waals surface area (Å²) in [4.78, 5) is 35.0. The molecule has 1 aromatic rings. The van der Waals surface area contributed by atoms with Gasteiger partial charge in [0.1, 0.15) is 0 Å². The molecule has 1 rings (SSSR count). The highest BCUT2D eigenvalue weighted by Crippen LogP contribution is 2.09. The Morgan fingerprint density at radius 3 is 2.21 bits per heavy atom. The quantitative estimate of drug-likeness (QED) is 0.502. The summed E-state index contributed by atoms with van der Waals surface area (Å²) in [6, 6.07) is 5.84. The van der Waals surface area contributed by atoms with Crippen LogP contribution >= 0.6 is 11.6 Å². The SMILES string of the molecule is CC(C)[C@H](N)C(=O)NCC(=O)NCCNC(=O)c1ccc(Cl)cc1. The second-order valence-electron chi connectivity index (χ2n) is 5.60. The van der Waals surface area contributed by atoms with Crippen LogP contribution in [0.4, 0.5) is 0 Å². The molecule has 132 valence electrons. The molecule has 0 heterocycles. The standard InChI is InChI=1S/C16H23ClN4O3/c1-10(2)14(18)16(24)21-9-13(22)19-7-8-20-15(23)11-3-5-12(17)6-4-11/h3-6,10,14H,7-9,18H2,1-2H3,(H,19,22)(H,20,23)(H,21,24)/t14-/m0/s1. The van der Waals surface area contributed by atoms with E-state index >= 15 is 0 Å². The molecule has 0 fully saturated rings. The Labute approximate surface area is 146 Å². The number of nitrogens with two attached hydrogens (primary N) is 1. The van der Waals surface area contributed by atoms with Crippen molar-refractivity contribution in [2.45, 2.75) is 19.9 Å². The first kappa shape index (κ1) is 19.9. The fraction of sp³-hybridized carbons (Fsp3) is 0.438. The summed E-state index contributed by atoms with van der Waals surface area (Å²) < 4.78 is 0. The van der Waals surface area contributed by atoms with E-state index in [4.69, 9.17) is 17.3 Å². The molecule has 0 spiro atoms. The average molecular weight is 355 g/mol. The van der Waals surface area contributed by atoms with Crippen LogP contribution in [0.1, 0.15) is 24.2 Å². The zero-order chi connectivity index (χ0) is 18.1. The molecule has 8 heteroatoms. The van der Waals surface area contributed by atoms with Gasteiger partial charge >= 0.3 is 0 Å². The van der Waals surface area contributed by atoms with Crippen molar-refractivity contribution in [3.05, 3.63) is 34.9 Å². The van der Waals surface area contributed by atoms with E-state index in [1.165, 1.54) is 0 Å². The molecule has 0 aliphatic carbocycles. The summed E-state index contributed by atoms with van der Waals surface area (Å²) in [5.41, 5.74) is 6.15. The third-order valence-electron chi connectivity index (χ3n) is 3.28. The van der Waals surface area contributed by atoms with E-state index in [1.807, 2.05) is 13.8 Å². The Kier molecular flexibility index (Phi) is 8.21. The summed E-state index contributed by atoms with van der Waals surface area (Å²) in [7, 11) is 0. The maximum Gasteiger partial charge on any atom is 0.251 e. The molecule has 24 heavy (non-hydrogen) atoms. The molecule has 0 aromatic heterocycles. The van der Waals surface area contributed by atoms with Gasteiger partial charge in [-0.15, -0.1) is 0 Å². The lowest BCUT2D eigenvalue weighted by Crippen LogP contribution is -2.47. The molecule has 0 unspecified atom stereocenters. The Hall–Kier alpha value is -2.12. The zero-order valence-corrected chi connectivity index (χ0v) is 14.5. The first-order chi connectivity index (χ1) is 11.3. The molecule has 3 amide bonds. The van der Waals surface area contributed by atoms with Crippen LogP contribution in [-0.4, -0.2) is 43.4 Å². The van der Waals surface area contributed by atoms with Crippen LogP contribution in [0, 0.1) is 5.92 Å².